The first-order valence-electron chi connectivity index (χ1n) is 4.59. The molecule has 0 aliphatic heterocycles. The molecular weight excluding hydrogens is 263 g/mol. The Hall–Kier alpha value is -0.770. The van der Waals surface area contributed by atoms with Gasteiger partial charge < -0.3 is 0 Å². The average Bonchev–Trinajstić information content (AvgIpc) is 2.27. The van der Waals surface area contributed by atoms with Crippen molar-refractivity contribution in [2.75, 3.05) is 0 Å². The van der Waals surface area contributed by atoms with E-state index in [0.717, 1.165) is 9.79 Å². The standard InChI is InChI=1S/C11H8Cl2N2S/c1-7-4-2-3-5-8(7)16-9-6-10(12)14-15-11(9)13/h2-6H,1H3. The molecule has 2 rings (SSSR count). The lowest BCUT2D eigenvalue weighted by Gasteiger charge is -2.05. The Balaban J connectivity index is 2.34. The molecule has 1 aromatic carbocycles. The second-order valence-corrected chi connectivity index (χ2v) is 5.02. The Labute approximate surface area is 108 Å². The zero-order chi connectivity index (χ0) is 11.5. The van der Waals surface area contributed by atoms with E-state index in [0.29, 0.717) is 10.3 Å². The fourth-order valence-electron chi connectivity index (χ4n) is 1.20. The van der Waals surface area contributed by atoms with Gasteiger partial charge in [0.25, 0.3) is 0 Å². The van der Waals surface area contributed by atoms with Crippen molar-refractivity contribution in [3.63, 3.8) is 0 Å². The van der Waals surface area contributed by atoms with Gasteiger partial charge in [-0.1, -0.05) is 53.2 Å². The molecule has 16 heavy (non-hydrogen) atoms. The maximum atomic E-state index is 5.95. The van der Waals surface area contributed by atoms with Crippen molar-refractivity contribution in [3.05, 3.63) is 46.2 Å². The van der Waals surface area contributed by atoms with Crippen LogP contribution >= 0.6 is 35.0 Å². The summed E-state index contributed by atoms with van der Waals surface area (Å²) in [6, 6.07) is 9.78. The minimum absolute atomic E-state index is 0.348. The summed E-state index contributed by atoms with van der Waals surface area (Å²) in [4.78, 5) is 1.95. The van der Waals surface area contributed by atoms with E-state index in [1.165, 1.54) is 17.3 Å². The number of hydrogen-bond acceptors (Lipinski definition) is 3. The Bertz CT molecular complexity index is 517. The molecule has 1 aromatic heterocycles. The Morgan fingerprint density at radius 3 is 2.56 bits per heavy atom. The Morgan fingerprint density at radius 1 is 1.06 bits per heavy atom. The summed E-state index contributed by atoms with van der Waals surface area (Å²) in [5, 5.41) is 8.16. The van der Waals surface area contributed by atoms with Crippen LogP contribution in [0.5, 0.6) is 0 Å². The van der Waals surface area contributed by atoms with Gasteiger partial charge in [0, 0.05) is 4.90 Å². The van der Waals surface area contributed by atoms with E-state index >= 15 is 0 Å². The average molecular weight is 271 g/mol. The van der Waals surface area contributed by atoms with E-state index in [4.69, 9.17) is 23.2 Å². The van der Waals surface area contributed by atoms with Gasteiger partial charge in [0.15, 0.2) is 10.3 Å². The van der Waals surface area contributed by atoms with Gasteiger partial charge in [-0.05, 0) is 24.6 Å². The van der Waals surface area contributed by atoms with Crippen LogP contribution in [0.25, 0.3) is 0 Å². The predicted molar refractivity (Wildman–Crippen MR) is 67.4 cm³/mol. The van der Waals surface area contributed by atoms with Crippen molar-refractivity contribution in [1.82, 2.24) is 10.2 Å². The minimum Gasteiger partial charge on any atom is -0.137 e. The van der Waals surface area contributed by atoms with Crippen LogP contribution in [-0.2, 0) is 0 Å². The molecule has 0 unspecified atom stereocenters. The van der Waals surface area contributed by atoms with Crippen molar-refractivity contribution in [2.45, 2.75) is 16.7 Å². The fourth-order valence-corrected chi connectivity index (χ4v) is 2.53. The summed E-state index contributed by atoms with van der Waals surface area (Å²) in [5.74, 6) is 0. The molecule has 0 aliphatic carbocycles. The van der Waals surface area contributed by atoms with Gasteiger partial charge >= 0.3 is 0 Å². The van der Waals surface area contributed by atoms with Crippen LogP contribution in [0.1, 0.15) is 5.56 Å². The third kappa shape index (κ3) is 2.67. The Morgan fingerprint density at radius 2 is 1.81 bits per heavy atom. The second kappa shape index (κ2) is 5.04. The monoisotopic (exact) mass is 270 g/mol. The number of aryl methyl sites for hydroxylation is 1. The molecule has 0 bridgehead atoms. The molecule has 0 saturated carbocycles. The van der Waals surface area contributed by atoms with E-state index in [1.54, 1.807) is 6.07 Å². The molecule has 82 valence electrons. The van der Waals surface area contributed by atoms with Crippen molar-refractivity contribution in [3.8, 4) is 0 Å². The number of nitrogens with zero attached hydrogens (tertiary/aromatic N) is 2. The van der Waals surface area contributed by atoms with E-state index in [1.807, 2.05) is 31.2 Å². The first kappa shape index (κ1) is 11.7. The van der Waals surface area contributed by atoms with Crippen LogP contribution in [0.4, 0.5) is 0 Å². The van der Waals surface area contributed by atoms with Gasteiger partial charge in [-0.15, -0.1) is 10.2 Å². The largest absolute Gasteiger partial charge is 0.165 e. The van der Waals surface area contributed by atoms with Gasteiger partial charge in [-0.3, -0.25) is 0 Å². The van der Waals surface area contributed by atoms with Crippen molar-refractivity contribution >= 4 is 35.0 Å². The minimum atomic E-state index is 0.348. The van der Waals surface area contributed by atoms with E-state index in [9.17, 15) is 0 Å². The lowest BCUT2D eigenvalue weighted by Crippen LogP contribution is -1.86. The first-order chi connectivity index (χ1) is 7.66. The van der Waals surface area contributed by atoms with Crippen LogP contribution in [0.2, 0.25) is 10.3 Å². The fraction of sp³-hybridized carbons (Fsp3) is 0.0909. The summed E-state index contributed by atoms with van der Waals surface area (Å²) in [5.41, 5.74) is 1.19. The number of hydrogen-bond donors (Lipinski definition) is 0. The topological polar surface area (TPSA) is 25.8 Å². The number of benzene rings is 1. The van der Waals surface area contributed by atoms with Crippen molar-refractivity contribution in [1.29, 1.82) is 0 Å². The van der Waals surface area contributed by atoms with Gasteiger partial charge in [0.05, 0.1) is 4.90 Å². The summed E-state index contributed by atoms with van der Waals surface area (Å²) < 4.78 is 0. The summed E-state index contributed by atoms with van der Waals surface area (Å²) in [6.45, 7) is 2.05. The zero-order valence-electron chi connectivity index (χ0n) is 8.45. The van der Waals surface area contributed by atoms with E-state index in [2.05, 4.69) is 10.2 Å². The summed E-state index contributed by atoms with van der Waals surface area (Å²) in [7, 11) is 0. The molecule has 2 nitrogen and oxygen atoms in total. The van der Waals surface area contributed by atoms with Crippen LogP contribution < -0.4 is 0 Å². The maximum Gasteiger partial charge on any atom is 0.165 e. The molecule has 1 heterocycles. The molecule has 5 heteroatoms. The highest BCUT2D eigenvalue weighted by molar-refractivity contribution is 7.99. The molecule has 0 fully saturated rings. The lowest BCUT2D eigenvalue weighted by atomic mass is 10.2. The normalized spacial score (nSPS) is 10.4. The zero-order valence-corrected chi connectivity index (χ0v) is 10.8. The third-order valence-corrected chi connectivity index (χ3v) is 3.79. The van der Waals surface area contributed by atoms with Gasteiger partial charge in [-0.25, -0.2) is 0 Å². The molecule has 0 aliphatic rings. The second-order valence-electron chi connectivity index (χ2n) is 3.19. The SMILES string of the molecule is Cc1ccccc1Sc1cc(Cl)nnc1Cl. The highest BCUT2D eigenvalue weighted by Gasteiger charge is 2.07. The maximum absolute atomic E-state index is 5.95. The molecular formula is C11H8Cl2N2S. The Kier molecular flexibility index (Phi) is 3.69. The molecule has 0 saturated heterocycles. The third-order valence-electron chi connectivity index (χ3n) is 2.00. The quantitative estimate of drug-likeness (QED) is 0.816. The van der Waals surface area contributed by atoms with Crippen molar-refractivity contribution < 1.29 is 0 Å². The summed E-state index contributed by atoms with van der Waals surface area (Å²) in [6.07, 6.45) is 0. The molecule has 0 radical (unpaired) electrons. The van der Waals surface area contributed by atoms with Crippen LogP contribution in [0.15, 0.2) is 40.1 Å². The molecule has 0 N–H and O–H groups in total. The van der Waals surface area contributed by atoms with Gasteiger partial charge in [0.1, 0.15) is 0 Å². The van der Waals surface area contributed by atoms with Crippen LogP contribution in [0, 0.1) is 6.92 Å². The number of halogens is 2. The van der Waals surface area contributed by atoms with Gasteiger partial charge in [0.2, 0.25) is 0 Å². The first-order valence-corrected chi connectivity index (χ1v) is 6.16. The molecule has 0 amide bonds. The molecule has 2 aromatic rings. The molecule has 0 atom stereocenters. The molecule has 0 spiro atoms. The highest BCUT2D eigenvalue weighted by Crippen LogP contribution is 2.34. The van der Waals surface area contributed by atoms with E-state index in [-0.39, 0.29) is 0 Å². The predicted octanol–water partition coefficient (Wildman–Crippen LogP) is 4.24. The number of rotatable bonds is 2. The van der Waals surface area contributed by atoms with E-state index < -0.39 is 0 Å². The van der Waals surface area contributed by atoms with Gasteiger partial charge in [-0.2, -0.15) is 0 Å². The van der Waals surface area contributed by atoms with Crippen molar-refractivity contribution in [2.24, 2.45) is 0 Å². The van der Waals surface area contributed by atoms with Crippen LogP contribution in [0.3, 0.4) is 0 Å². The number of aromatic nitrogens is 2. The lowest BCUT2D eigenvalue weighted by molar-refractivity contribution is 0.997. The van der Waals surface area contributed by atoms with Crippen LogP contribution in [-0.4, -0.2) is 10.2 Å². The summed E-state index contributed by atoms with van der Waals surface area (Å²) >= 11 is 13.3. The smallest absolute Gasteiger partial charge is 0.137 e. The highest BCUT2D eigenvalue weighted by atomic mass is 35.5.